The summed E-state index contributed by atoms with van der Waals surface area (Å²) in [6.07, 6.45) is 1.69. The molecule has 1 heterocycles. The van der Waals surface area contributed by atoms with Gasteiger partial charge in [-0.05, 0) is 37.1 Å². The number of halogens is 1. The molecule has 2 rings (SSSR count). The van der Waals surface area contributed by atoms with Crippen LogP contribution < -0.4 is 15.4 Å². The predicted molar refractivity (Wildman–Crippen MR) is 95.9 cm³/mol. The lowest BCUT2D eigenvalue weighted by molar-refractivity contribution is 0.127. The van der Waals surface area contributed by atoms with Gasteiger partial charge in [-0.15, -0.1) is 0 Å². The Morgan fingerprint density at radius 3 is 2.79 bits per heavy atom. The Bertz CT molecular complexity index is 516. The fourth-order valence-corrected chi connectivity index (χ4v) is 2.80. The van der Waals surface area contributed by atoms with E-state index in [9.17, 15) is 5.11 Å². The van der Waals surface area contributed by atoms with Crippen molar-refractivity contribution in [3.8, 4) is 5.75 Å². The van der Waals surface area contributed by atoms with E-state index in [1.165, 1.54) is 0 Å². The monoisotopic (exact) mass is 355 g/mol. The summed E-state index contributed by atoms with van der Waals surface area (Å²) in [7, 11) is 1.74. The van der Waals surface area contributed by atoms with Crippen LogP contribution in [0.4, 0.5) is 0 Å². The molecule has 0 aliphatic carbocycles. The Kier molecular flexibility index (Phi) is 7.62. The van der Waals surface area contributed by atoms with Crippen LogP contribution in [0.3, 0.4) is 0 Å². The third-order valence-corrected chi connectivity index (χ3v) is 4.41. The van der Waals surface area contributed by atoms with E-state index in [2.05, 4.69) is 15.6 Å². The molecule has 0 saturated carbocycles. The number of aliphatic hydroxyl groups is 1. The van der Waals surface area contributed by atoms with Gasteiger partial charge in [0.25, 0.3) is 0 Å². The average molecular weight is 356 g/mol. The number of benzene rings is 1. The van der Waals surface area contributed by atoms with Crippen molar-refractivity contribution in [2.75, 3.05) is 46.6 Å². The lowest BCUT2D eigenvalue weighted by Crippen LogP contribution is -2.45. The molecular formula is C17H26ClN3O3. The molecule has 1 aliphatic rings. The second-order valence-corrected chi connectivity index (χ2v) is 6.37. The Hall–Kier alpha value is -1.50. The van der Waals surface area contributed by atoms with Gasteiger partial charge in [-0.1, -0.05) is 11.6 Å². The Morgan fingerprint density at radius 2 is 2.17 bits per heavy atom. The highest BCUT2D eigenvalue weighted by atomic mass is 35.5. The number of nitrogens with one attached hydrogen (secondary N) is 2. The smallest absolute Gasteiger partial charge is 0.191 e. The lowest BCUT2D eigenvalue weighted by Gasteiger charge is -2.27. The van der Waals surface area contributed by atoms with Crippen molar-refractivity contribution < 1.29 is 14.6 Å². The molecule has 134 valence electrons. The first kappa shape index (κ1) is 18.8. The van der Waals surface area contributed by atoms with Crippen LogP contribution in [0, 0.1) is 5.41 Å². The largest absolute Gasteiger partial charge is 0.492 e. The molecule has 0 spiro atoms. The zero-order chi connectivity index (χ0) is 17.3. The van der Waals surface area contributed by atoms with E-state index in [1.54, 1.807) is 19.2 Å². The maximum atomic E-state index is 9.26. The molecule has 0 bridgehead atoms. The van der Waals surface area contributed by atoms with Gasteiger partial charge < -0.3 is 25.2 Å². The standard InChI is InChI=1S/C17H26ClN3O3/c1-19-16(21-12-17(6-9-22)7-10-23-13-17)20-8-11-24-15-4-2-14(18)3-5-15/h2-5,22H,6-13H2,1H3,(H2,19,20,21). The maximum absolute atomic E-state index is 9.26. The molecule has 1 fully saturated rings. The van der Waals surface area contributed by atoms with Gasteiger partial charge in [-0.3, -0.25) is 4.99 Å². The van der Waals surface area contributed by atoms with Crippen molar-refractivity contribution in [3.63, 3.8) is 0 Å². The number of aliphatic imine (C=N–C) groups is 1. The van der Waals surface area contributed by atoms with Gasteiger partial charge in [-0.25, -0.2) is 0 Å². The fraction of sp³-hybridized carbons (Fsp3) is 0.588. The number of hydrogen-bond donors (Lipinski definition) is 3. The predicted octanol–water partition coefficient (Wildman–Crippen LogP) is 1.67. The van der Waals surface area contributed by atoms with Gasteiger partial charge in [-0.2, -0.15) is 0 Å². The molecule has 3 N–H and O–H groups in total. The quantitative estimate of drug-likeness (QED) is 0.376. The van der Waals surface area contributed by atoms with E-state index in [-0.39, 0.29) is 12.0 Å². The van der Waals surface area contributed by atoms with Gasteiger partial charge in [0.2, 0.25) is 0 Å². The van der Waals surface area contributed by atoms with Gasteiger partial charge in [0.05, 0.1) is 13.2 Å². The molecule has 1 atom stereocenters. The molecule has 7 heteroatoms. The van der Waals surface area contributed by atoms with Crippen molar-refractivity contribution in [2.45, 2.75) is 12.8 Å². The van der Waals surface area contributed by atoms with Crippen LogP contribution in [0.5, 0.6) is 5.75 Å². The summed E-state index contributed by atoms with van der Waals surface area (Å²) < 4.78 is 11.1. The van der Waals surface area contributed by atoms with Crippen LogP contribution in [0.1, 0.15) is 12.8 Å². The number of rotatable bonds is 8. The third kappa shape index (κ3) is 5.85. The fourth-order valence-electron chi connectivity index (χ4n) is 2.67. The second-order valence-electron chi connectivity index (χ2n) is 5.93. The van der Waals surface area contributed by atoms with E-state index in [1.807, 2.05) is 12.1 Å². The van der Waals surface area contributed by atoms with Crippen LogP contribution in [-0.4, -0.2) is 57.6 Å². The summed E-state index contributed by atoms with van der Waals surface area (Å²) in [4.78, 5) is 4.21. The number of guanidine groups is 1. The minimum atomic E-state index is -0.00776. The minimum absolute atomic E-state index is 0.00776. The highest BCUT2D eigenvalue weighted by Gasteiger charge is 2.34. The maximum Gasteiger partial charge on any atom is 0.191 e. The Morgan fingerprint density at radius 1 is 1.38 bits per heavy atom. The van der Waals surface area contributed by atoms with Crippen molar-refractivity contribution in [1.29, 1.82) is 0 Å². The summed E-state index contributed by atoms with van der Waals surface area (Å²) in [6, 6.07) is 7.28. The topological polar surface area (TPSA) is 75.1 Å². The molecule has 0 amide bonds. The van der Waals surface area contributed by atoms with Crippen LogP contribution in [0.15, 0.2) is 29.3 Å². The molecule has 1 aromatic carbocycles. The second kappa shape index (κ2) is 9.71. The first-order chi connectivity index (χ1) is 11.7. The molecule has 0 radical (unpaired) electrons. The molecule has 24 heavy (non-hydrogen) atoms. The molecule has 1 saturated heterocycles. The van der Waals surface area contributed by atoms with Gasteiger partial charge in [0.15, 0.2) is 5.96 Å². The van der Waals surface area contributed by atoms with E-state index in [0.717, 1.165) is 37.7 Å². The van der Waals surface area contributed by atoms with E-state index in [4.69, 9.17) is 21.1 Å². The van der Waals surface area contributed by atoms with Crippen molar-refractivity contribution in [2.24, 2.45) is 10.4 Å². The Balaban J connectivity index is 1.69. The van der Waals surface area contributed by atoms with E-state index in [0.29, 0.717) is 24.8 Å². The van der Waals surface area contributed by atoms with Gasteiger partial charge >= 0.3 is 0 Å². The number of aliphatic hydroxyl groups excluding tert-OH is 1. The molecule has 0 aromatic heterocycles. The summed E-state index contributed by atoms with van der Waals surface area (Å²) in [6.45, 7) is 3.48. The summed E-state index contributed by atoms with van der Waals surface area (Å²) >= 11 is 5.84. The van der Waals surface area contributed by atoms with Gasteiger partial charge in [0.1, 0.15) is 12.4 Å². The lowest BCUT2D eigenvalue weighted by atomic mass is 9.84. The minimum Gasteiger partial charge on any atom is -0.492 e. The van der Waals surface area contributed by atoms with Crippen LogP contribution >= 0.6 is 11.6 Å². The van der Waals surface area contributed by atoms with Crippen LogP contribution in [0.2, 0.25) is 5.02 Å². The molecule has 1 unspecified atom stereocenters. The Labute approximate surface area is 148 Å². The van der Waals surface area contributed by atoms with Crippen molar-refractivity contribution in [3.05, 3.63) is 29.3 Å². The molecule has 6 nitrogen and oxygen atoms in total. The zero-order valence-electron chi connectivity index (χ0n) is 14.1. The van der Waals surface area contributed by atoms with Crippen molar-refractivity contribution >= 4 is 17.6 Å². The van der Waals surface area contributed by atoms with Crippen LogP contribution in [-0.2, 0) is 4.74 Å². The molecule has 1 aromatic rings. The van der Waals surface area contributed by atoms with Crippen LogP contribution in [0.25, 0.3) is 0 Å². The summed E-state index contributed by atoms with van der Waals surface area (Å²) in [5, 5.41) is 16.5. The number of nitrogens with zero attached hydrogens (tertiary/aromatic N) is 1. The SMILES string of the molecule is CN=C(NCCOc1ccc(Cl)cc1)NCC1(CCO)CCOC1. The molecular weight excluding hydrogens is 330 g/mol. The van der Waals surface area contributed by atoms with Crippen molar-refractivity contribution in [1.82, 2.24) is 10.6 Å². The van der Waals surface area contributed by atoms with E-state index >= 15 is 0 Å². The molecule has 1 aliphatic heterocycles. The van der Waals surface area contributed by atoms with Gasteiger partial charge in [0, 0.05) is 37.2 Å². The average Bonchev–Trinajstić information content (AvgIpc) is 3.05. The zero-order valence-corrected chi connectivity index (χ0v) is 14.8. The normalized spacial score (nSPS) is 20.9. The first-order valence-corrected chi connectivity index (χ1v) is 8.57. The highest BCUT2D eigenvalue weighted by Crippen LogP contribution is 2.31. The third-order valence-electron chi connectivity index (χ3n) is 4.16. The van der Waals surface area contributed by atoms with E-state index < -0.39 is 0 Å². The first-order valence-electron chi connectivity index (χ1n) is 8.19. The summed E-state index contributed by atoms with van der Waals surface area (Å²) in [5.74, 6) is 1.51. The highest BCUT2D eigenvalue weighted by molar-refractivity contribution is 6.30. The number of ether oxygens (including phenoxy) is 2. The summed E-state index contributed by atoms with van der Waals surface area (Å²) in [5.41, 5.74) is -0.00776. The number of hydrogen-bond acceptors (Lipinski definition) is 4.